The van der Waals surface area contributed by atoms with E-state index < -0.39 is 12.0 Å². The number of nitrogens with zero attached hydrogens (tertiary/aromatic N) is 3. The van der Waals surface area contributed by atoms with E-state index >= 15 is 0 Å². The van der Waals surface area contributed by atoms with Crippen molar-refractivity contribution in [3.8, 4) is 0 Å². The molecule has 0 radical (unpaired) electrons. The predicted molar refractivity (Wildman–Crippen MR) is 77.0 cm³/mol. The van der Waals surface area contributed by atoms with E-state index in [0.29, 0.717) is 12.1 Å². The quantitative estimate of drug-likeness (QED) is 0.903. The summed E-state index contributed by atoms with van der Waals surface area (Å²) in [7, 11) is 1.47. The van der Waals surface area contributed by atoms with E-state index in [2.05, 4.69) is 5.10 Å². The monoisotopic (exact) mass is 287 g/mol. The smallest absolute Gasteiger partial charge is 0.326 e. The van der Waals surface area contributed by atoms with Gasteiger partial charge in [0.1, 0.15) is 6.04 Å². The van der Waals surface area contributed by atoms with Crippen LogP contribution in [-0.4, -0.2) is 44.8 Å². The molecule has 0 saturated carbocycles. The molecule has 110 valence electrons. The highest BCUT2D eigenvalue weighted by Crippen LogP contribution is 2.08. The van der Waals surface area contributed by atoms with E-state index in [4.69, 9.17) is 5.11 Å². The van der Waals surface area contributed by atoms with Crippen molar-refractivity contribution in [3.63, 3.8) is 0 Å². The van der Waals surface area contributed by atoms with Crippen LogP contribution in [0.4, 0.5) is 0 Å². The maximum absolute atomic E-state index is 12.2. The Balaban J connectivity index is 2.09. The Morgan fingerprint density at radius 2 is 2.00 bits per heavy atom. The van der Waals surface area contributed by atoms with Crippen LogP contribution >= 0.6 is 0 Å². The summed E-state index contributed by atoms with van der Waals surface area (Å²) in [5.41, 5.74) is 1.45. The van der Waals surface area contributed by atoms with Crippen LogP contribution in [0.15, 0.2) is 42.7 Å². The fraction of sp³-hybridized carbons (Fsp3) is 0.267. The van der Waals surface area contributed by atoms with Gasteiger partial charge < -0.3 is 10.0 Å². The van der Waals surface area contributed by atoms with Crippen LogP contribution < -0.4 is 0 Å². The fourth-order valence-electron chi connectivity index (χ4n) is 1.88. The van der Waals surface area contributed by atoms with E-state index in [1.807, 2.05) is 30.3 Å². The molecule has 0 fully saturated rings. The molecule has 6 heteroatoms. The summed E-state index contributed by atoms with van der Waals surface area (Å²) in [6, 6.07) is 8.88. The lowest BCUT2D eigenvalue weighted by Crippen LogP contribution is -2.40. The summed E-state index contributed by atoms with van der Waals surface area (Å²) in [5, 5.41) is 13.1. The van der Waals surface area contributed by atoms with Crippen molar-refractivity contribution < 1.29 is 14.7 Å². The van der Waals surface area contributed by atoms with Crippen LogP contribution in [0.3, 0.4) is 0 Å². The van der Waals surface area contributed by atoms with Crippen molar-refractivity contribution in [2.24, 2.45) is 0 Å². The summed E-state index contributed by atoms with van der Waals surface area (Å²) in [6.07, 6.45) is 3.08. The second kappa shape index (κ2) is 6.21. The summed E-state index contributed by atoms with van der Waals surface area (Å²) < 4.78 is 1.65. The molecule has 21 heavy (non-hydrogen) atoms. The molecule has 0 aliphatic carbocycles. The third-order valence-corrected chi connectivity index (χ3v) is 3.33. The lowest BCUT2D eigenvalue weighted by atomic mass is 10.2. The van der Waals surface area contributed by atoms with Crippen molar-refractivity contribution >= 4 is 11.9 Å². The molecule has 0 saturated heterocycles. The molecule has 1 amide bonds. The second-order valence-electron chi connectivity index (χ2n) is 4.84. The van der Waals surface area contributed by atoms with Crippen LogP contribution in [0.5, 0.6) is 0 Å². The normalized spacial score (nSPS) is 11.9. The molecule has 1 atom stereocenters. The van der Waals surface area contributed by atoms with Gasteiger partial charge in [0.15, 0.2) is 0 Å². The topological polar surface area (TPSA) is 75.4 Å². The zero-order valence-corrected chi connectivity index (χ0v) is 11.9. The number of carbonyl (C=O) groups is 2. The summed E-state index contributed by atoms with van der Waals surface area (Å²) in [5.74, 6) is -1.40. The van der Waals surface area contributed by atoms with Gasteiger partial charge in [-0.05, 0) is 12.5 Å². The molecular weight excluding hydrogens is 270 g/mol. The number of aromatic nitrogens is 2. The van der Waals surface area contributed by atoms with Crippen LogP contribution in [0.25, 0.3) is 0 Å². The Bertz CT molecular complexity index is 637. The first-order valence-electron chi connectivity index (χ1n) is 6.55. The first-order chi connectivity index (χ1) is 9.99. The first-order valence-corrected chi connectivity index (χ1v) is 6.55. The van der Waals surface area contributed by atoms with Gasteiger partial charge in [0.25, 0.3) is 5.91 Å². The Kier molecular flexibility index (Phi) is 4.37. The highest BCUT2D eigenvalue weighted by molar-refractivity contribution is 5.95. The molecule has 1 aromatic carbocycles. The molecule has 0 bridgehead atoms. The van der Waals surface area contributed by atoms with Crippen LogP contribution in [0, 0.1) is 0 Å². The maximum atomic E-state index is 12.2. The molecule has 1 aromatic heterocycles. The molecule has 1 N–H and O–H groups in total. The Morgan fingerprint density at radius 1 is 1.33 bits per heavy atom. The van der Waals surface area contributed by atoms with Gasteiger partial charge in [-0.15, -0.1) is 0 Å². The van der Waals surface area contributed by atoms with Gasteiger partial charge in [-0.3, -0.25) is 9.48 Å². The van der Waals surface area contributed by atoms with Crippen molar-refractivity contribution in [1.29, 1.82) is 0 Å². The van der Waals surface area contributed by atoms with E-state index in [1.54, 1.807) is 10.9 Å². The zero-order chi connectivity index (χ0) is 15.4. The van der Waals surface area contributed by atoms with E-state index in [1.165, 1.54) is 25.1 Å². The van der Waals surface area contributed by atoms with Gasteiger partial charge >= 0.3 is 5.97 Å². The molecule has 1 heterocycles. The molecule has 6 nitrogen and oxygen atoms in total. The minimum Gasteiger partial charge on any atom is -0.480 e. The van der Waals surface area contributed by atoms with Crippen molar-refractivity contribution in [1.82, 2.24) is 14.7 Å². The zero-order valence-electron chi connectivity index (χ0n) is 11.9. The van der Waals surface area contributed by atoms with Crippen LogP contribution in [0.2, 0.25) is 0 Å². The van der Waals surface area contributed by atoms with Crippen molar-refractivity contribution in [2.45, 2.75) is 19.5 Å². The maximum Gasteiger partial charge on any atom is 0.326 e. The summed E-state index contributed by atoms with van der Waals surface area (Å²) in [4.78, 5) is 24.3. The minimum atomic E-state index is -1.04. The largest absolute Gasteiger partial charge is 0.480 e. The van der Waals surface area contributed by atoms with E-state index in [9.17, 15) is 9.59 Å². The highest BCUT2D eigenvalue weighted by Gasteiger charge is 2.23. The Morgan fingerprint density at radius 3 is 2.62 bits per heavy atom. The first kappa shape index (κ1) is 14.8. The third kappa shape index (κ3) is 3.47. The molecule has 0 aliphatic heterocycles. The molecular formula is C15H17N3O3. The van der Waals surface area contributed by atoms with Gasteiger partial charge in [0.2, 0.25) is 0 Å². The van der Waals surface area contributed by atoms with E-state index in [0.717, 1.165) is 5.56 Å². The van der Waals surface area contributed by atoms with Gasteiger partial charge in [-0.1, -0.05) is 30.3 Å². The fourth-order valence-corrected chi connectivity index (χ4v) is 1.88. The summed E-state index contributed by atoms with van der Waals surface area (Å²) in [6.45, 7) is 2.03. The number of carboxylic acid groups (broad SMARTS) is 1. The number of rotatable bonds is 5. The number of benzene rings is 1. The number of carboxylic acids is 1. The lowest BCUT2D eigenvalue weighted by Gasteiger charge is -2.20. The number of likely N-dealkylation sites (N-methyl/N-ethyl adjacent to an activating group) is 1. The second-order valence-corrected chi connectivity index (χ2v) is 4.84. The molecule has 0 spiro atoms. The number of hydrogen-bond acceptors (Lipinski definition) is 3. The SMILES string of the molecule is CC(C(=O)O)N(C)C(=O)c1cnn(Cc2ccccc2)c1. The number of aliphatic carboxylic acids is 1. The van der Waals surface area contributed by atoms with Crippen LogP contribution in [-0.2, 0) is 11.3 Å². The minimum absolute atomic E-state index is 0.357. The van der Waals surface area contributed by atoms with Crippen LogP contribution in [0.1, 0.15) is 22.8 Å². The lowest BCUT2D eigenvalue weighted by molar-refractivity contribution is -0.141. The number of carbonyl (C=O) groups excluding carboxylic acids is 1. The van der Waals surface area contributed by atoms with Gasteiger partial charge in [-0.25, -0.2) is 4.79 Å². The molecule has 2 aromatic rings. The standard InChI is InChI=1S/C15H17N3O3/c1-11(15(20)21)17(2)14(19)13-8-16-18(10-13)9-12-6-4-3-5-7-12/h3-8,10-11H,9H2,1-2H3,(H,20,21). The van der Waals surface area contributed by atoms with Crippen molar-refractivity contribution in [2.75, 3.05) is 7.05 Å². The predicted octanol–water partition coefficient (Wildman–Crippen LogP) is 1.48. The molecule has 2 rings (SSSR count). The molecule has 0 aliphatic rings. The third-order valence-electron chi connectivity index (χ3n) is 3.33. The Labute approximate surface area is 122 Å². The molecule has 1 unspecified atom stereocenters. The number of amides is 1. The summed E-state index contributed by atoms with van der Waals surface area (Å²) >= 11 is 0. The highest BCUT2D eigenvalue weighted by atomic mass is 16.4. The van der Waals surface area contributed by atoms with Gasteiger partial charge in [0.05, 0.1) is 18.3 Å². The Hall–Kier alpha value is -2.63. The van der Waals surface area contributed by atoms with Crippen molar-refractivity contribution in [3.05, 3.63) is 53.9 Å². The average Bonchev–Trinajstić information content (AvgIpc) is 2.94. The number of hydrogen-bond donors (Lipinski definition) is 1. The average molecular weight is 287 g/mol. The van der Waals surface area contributed by atoms with Gasteiger partial charge in [-0.2, -0.15) is 5.10 Å². The van der Waals surface area contributed by atoms with Gasteiger partial charge in [0, 0.05) is 13.2 Å². The van der Waals surface area contributed by atoms with E-state index in [-0.39, 0.29) is 5.91 Å².